The Labute approximate surface area is 102 Å². The molecule has 2 rings (SSSR count). The van der Waals surface area contributed by atoms with Crippen LogP contribution in [0.25, 0.3) is 0 Å². The largest absolute Gasteiger partial charge is 0.365 e. The van der Waals surface area contributed by atoms with Gasteiger partial charge in [0.25, 0.3) is 0 Å². The van der Waals surface area contributed by atoms with Gasteiger partial charge in [-0.25, -0.2) is 9.97 Å². The molecule has 0 bridgehead atoms. The number of hydrogen-bond donors (Lipinski definition) is 1. The third kappa shape index (κ3) is 2.21. The highest BCUT2D eigenvalue weighted by Gasteiger charge is 2.05. The zero-order valence-corrected chi connectivity index (χ0v) is 10.7. The molecule has 0 radical (unpaired) electrons. The number of nitrogens with zero attached hydrogens (tertiary/aromatic N) is 4. The quantitative estimate of drug-likeness (QED) is 0.934. The Morgan fingerprint density at radius 2 is 2.25 bits per heavy atom. The van der Waals surface area contributed by atoms with Crippen LogP contribution in [0, 0.1) is 6.92 Å². The van der Waals surface area contributed by atoms with Crippen molar-refractivity contribution in [1.82, 2.24) is 19.7 Å². The number of rotatable bonds is 3. The Bertz CT molecular complexity index is 494. The number of anilines is 1. The van der Waals surface area contributed by atoms with Crippen molar-refractivity contribution in [1.29, 1.82) is 0 Å². The van der Waals surface area contributed by atoms with E-state index in [-0.39, 0.29) is 0 Å². The summed E-state index contributed by atoms with van der Waals surface area (Å²) in [6.07, 6.45) is 5.09. The first-order valence-electron chi connectivity index (χ1n) is 4.85. The van der Waals surface area contributed by atoms with E-state index < -0.39 is 0 Å². The van der Waals surface area contributed by atoms with Gasteiger partial charge in [0, 0.05) is 31.0 Å². The molecule has 2 heterocycles. The molecule has 0 aliphatic heterocycles. The smallest absolute Gasteiger partial charge is 0.144 e. The average molecular weight is 282 g/mol. The van der Waals surface area contributed by atoms with Crippen LogP contribution in [0.3, 0.4) is 0 Å². The maximum atomic E-state index is 4.18. The van der Waals surface area contributed by atoms with E-state index in [0.717, 1.165) is 21.5 Å². The maximum absolute atomic E-state index is 4.18. The van der Waals surface area contributed by atoms with E-state index in [1.54, 1.807) is 6.20 Å². The number of halogens is 1. The van der Waals surface area contributed by atoms with Gasteiger partial charge in [-0.3, -0.25) is 4.68 Å². The van der Waals surface area contributed by atoms with Gasteiger partial charge in [-0.15, -0.1) is 0 Å². The molecule has 0 spiro atoms. The van der Waals surface area contributed by atoms with E-state index in [1.807, 2.05) is 24.9 Å². The van der Waals surface area contributed by atoms with E-state index in [9.17, 15) is 0 Å². The van der Waals surface area contributed by atoms with Crippen molar-refractivity contribution in [3.05, 3.63) is 34.5 Å². The second kappa shape index (κ2) is 4.61. The number of hydrogen-bond acceptors (Lipinski definition) is 4. The van der Waals surface area contributed by atoms with Crippen LogP contribution in [0.5, 0.6) is 0 Å². The topological polar surface area (TPSA) is 55.6 Å². The molecule has 0 fully saturated rings. The highest BCUT2D eigenvalue weighted by Crippen LogP contribution is 2.18. The first-order chi connectivity index (χ1) is 7.68. The molecule has 0 atom stereocenters. The summed E-state index contributed by atoms with van der Waals surface area (Å²) >= 11 is 3.39. The molecule has 2 aromatic rings. The average Bonchev–Trinajstić information content (AvgIpc) is 2.59. The fraction of sp³-hybridized carbons (Fsp3) is 0.300. The fourth-order valence-corrected chi connectivity index (χ4v) is 1.70. The number of nitrogens with one attached hydrogen (secondary N) is 1. The van der Waals surface area contributed by atoms with Crippen LogP contribution in [-0.4, -0.2) is 19.7 Å². The van der Waals surface area contributed by atoms with E-state index in [2.05, 4.69) is 36.3 Å². The van der Waals surface area contributed by atoms with Crippen LogP contribution in [0.1, 0.15) is 11.3 Å². The van der Waals surface area contributed by atoms with Crippen molar-refractivity contribution in [2.45, 2.75) is 13.5 Å². The molecule has 6 heteroatoms. The van der Waals surface area contributed by atoms with Gasteiger partial charge in [-0.05, 0) is 22.9 Å². The third-order valence-electron chi connectivity index (χ3n) is 2.45. The zero-order valence-electron chi connectivity index (χ0n) is 9.11. The van der Waals surface area contributed by atoms with Gasteiger partial charge in [0.2, 0.25) is 0 Å². The minimum Gasteiger partial charge on any atom is -0.365 e. The molecular formula is C10H12BrN5. The maximum Gasteiger partial charge on any atom is 0.144 e. The van der Waals surface area contributed by atoms with Crippen LogP contribution in [0.2, 0.25) is 0 Å². The third-order valence-corrected chi connectivity index (χ3v) is 3.03. The zero-order chi connectivity index (χ0) is 11.5. The highest BCUT2D eigenvalue weighted by atomic mass is 79.9. The molecule has 5 nitrogen and oxygen atoms in total. The summed E-state index contributed by atoms with van der Waals surface area (Å²) < 4.78 is 2.71. The van der Waals surface area contributed by atoms with Gasteiger partial charge < -0.3 is 5.32 Å². The molecule has 0 saturated carbocycles. The van der Waals surface area contributed by atoms with E-state index in [4.69, 9.17) is 0 Å². The molecule has 0 amide bonds. The summed E-state index contributed by atoms with van der Waals surface area (Å²) in [5.41, 5.74) is 2.31. The van der Waals surface area contributed by atoms with Crippen molar-refractivity contribution in [2.75, 3.05) is 5.32 Å². The summed E-state index contributed by atoms with van der Waals surface area (Å²) in [6.45, 7) is 2.74. The van der Waals surface area contributed by atoms with Gasteiger partial charge in [0.05, 0.1) is 10.7 Å². The second-order valence-electron chi connectivity index (χ2n) is 3.45. The minimum absolute atomic E-state index is 0.704. The number of aromatic nitrogens is 4. The molecule has 0 saturated heterocycles. The monoisotopic (exact) mass is 281 g/mol. The lowest BCUT2D eigenvalue weighted by molar-refractivity contribution is 0.738. The Hall–Kier alpha value is -1.43. The summed E-state index contributed by atoms with van der Waals surface area (Å²) in [7, 11) is 1.93. The first-order valence-corrected chi connectivity index (χ1v) is 5.64. The second-order valence-corrected chi connectivity index (χ2v) is 4.31. The molecule has 0 aromatic carbocycles. The van der Waals surface area contributed by atoms with Crippen LogP contribution in [0.15, 0.2) is 23.2 Å². The lowest BCUT2D eigenvalue weighted by Gasteiger charge is -2.06. The lowest BCUT2D eigenvalue weighted by Crippen LogP contribution is -2.03. The van der Waals surface area contributed by atoms with Crippen molar-refractivity contribution < 1.29 is 0 Å². The molecular weight excluding hydrogens is 270 g/mol. The molecule has 1 N–H and O–H groups in total. The Morgan fingerprint density at radius 1 is 1.44 bits per heavy atom. The van der Waals surface area contributed by atoms with Crippen LogP contribution >= 0.6 is 15.9 Å². The Kier molecular flexibility index (Phi) is 3.19. The van der Waals surface area contributed by atoms with E-state index in [1.165, 1.54) is 6.33 Å². The fourth-order valence-electron chi connectivity index (χ4n) is 1.34. The predicted octanol–water partition coefficient (Wildman–Crippen LogP) is 1.89. The standard InChI is InChI=1S/C10H12BrN5/c1-7-8(4-15-16(7)2)3-13-10-9(11)5-12-6-14-10/h4-6H,3H2,1-2H3,(H,12,13,14). The molecule has 2 aromatic heterocycles. The molecule has 84 valence electrons. The molecule has 0 aliphatic rings. The van der Waals surface area contributed by atoms with Gasteiger partial charge in [-0.1, -0.05) is 0 Å². The Balaban J connectivity index is 2.08. The SMILES string of the molecule is Cc1c(CNc2ncncc2Br)cnn1C. The molecule has 16 heavy (non-hydrogen) atoms. The van der Waals surface area contributed by atoms with Crippen molar-refractivity contribution >= 4 is 21.7 Å². The Morgan fingerprint density at radius 3 is 2.88 bits per heavy atom. The van der Waals surface area contributed by atoms with Crippen LogP contribution in [0.4, 0.5) is 5.82 Å². The van der Waals surface area contributed by atoms with Crippen molar-refractivity contribution in [3.8, 4) is 0 Å². The van der Waals surface area contributed by atoms with E-state index in [0.29, 0.717) is 6.54 Å². The van der Waals surface area contributed by atoms with Gasteiger partial charge in [-0.2, -0.15) is 5.10 Å². The molecule has 0 aliphatic carbocycles. The highest BCUT2D eigenvalue weighted by molar-refractivity contribution is 9.10. The normalized spacial score (nSPS) is 10.4. The summed E-state index contributed by atoms with van der Waals surface area (Å²) in [5.74, 6) is 0.790. The van der Waals surface area contributed by atoms with Crippen LogP contribution in [-0.2, 0) is 13.6 Å². The number of aryl methyl sites for hydroxylation is 1. The van der Waals surface area contributed by atoms with Crippen molar-refractivity contribution in [2.24, 2.45) is 7.05 Å². The minimum atomic E-state index is 0.704. The van der Waals surface area contributed by atoms with Gasteiger partial charge in [0.15, 0.2) is 0 Å². The lowest BCUT2D eigenvalue weighted by atomic mass is 10.2. The predicted molar refractivity (Wildman–Crippen MR) is 65.0 cm³/mol. The van der Waals surface area contributed by atoms with Crippen molar-refractivity contribution in [3.63, 3.8) is 0 Å². The first kappa shape index (κ1) is 11.1. The van der Waals surface area contributed by atoms with Gasteiger partial charge >= 0.3 is 0 Å². The van der Waals surface area contributed by atoms with Crippen LogP contribution < -0.4 is 5.32 Å². The van der Waals surface area contributed by atoms with E-state index >= 15 is 0 Å². The van der Waals surface area contributed by atoms with Gasteiger partial charge in [0.1, 0.15) is 12.1 Å². The molecule has 0 unspecified atom stereocenters. The summed E-state index contributed by atoms with van der Waals surface area (Å²) in [6, 6.07) is 0. The summed E-state index contributed by atoms with van der Waals surface area (Å²) in [5, 5.41) is 7.42. The summed E-state index contributed by atoms with van der Waals surface area (Å²) in [4.78, 5) is 8.04.